The molecule has 26 heavy (non-hydrogen) atoms. The SMILES string of the molecule is CCNC(=NCCc1nc(C(F)(F)F)cs1)NCCc1ncc(C)s1.I. The molecule has 0 saturated carbocycles. The van der Waals surface area contributed by atoms with Crippen molar-refractivity contribution in [3.63, 3.8) is 0 Å². The quantitative estimate of drug-likeness (QED) is 0.331. The molecule has 0 unspecified atom stereocenters. The standard InChI is InChI=1S/C15H20F3N5S2.HI/c1-3-19-14(20-6-4-12-22-8-10(2)25-12)21-7-5-13-23-11(9-24-13)15(16,17)18;/h8-9H,3-7H2,1-2H3,(H2,19,20,21);1H. The maximum atomic E-state index is 12.5. The van der Waals surface area contributed by atoms with Gasteiger partial charge in [0.15, 0.2) is 11.7 Å². The Morgan fingerprint density at radius 2 is 2.00 bits per heavy atom. The van der Waals surface area contributed by atoms with Crippen LogP contribution in [0.2, 0.25) is 0 Å². The van der Waals surface area contributed by atoms with Crippen LogP contribution in [0.1, 0.15) is 27.5 Å². The average Bonchev–Trinajstić information content (AvgIpc) is 3.16. The Morgan fingerprint density at radius 1 is 1.23 bits per heavy atom. The molecule has 146 valence electrons. The molecular weight excluding hydrogens is 498 g/mol. The van der Waals surface area contributed by atoms with Gasteiger partial charge in [-0.05, 0) is 13.8 Å². The van der Waals surface area contributed by atoms with Gasteiger partial charge in [-0.25, -0.2) is 9.97 Å². The Balaban J connectivity index is 0.00000338. The van der Waals surface area contributed by atoms with Crippen LogP contribution in [0.15, 0.2) is 16.6 Å². The second-order valence-electron chi connectivity index (χ2n) is 5.18. The first-order chi connectivity index (χ1) is 11.9. The highest BCUT2D eigenvalue weighted by molar-refractivity contribution is 14.0. The molecule has 0 fully saturated rings. The zero-order chi connectivity index (χ0) is 18.3. The predicted molar refractivity (Wildman–Crippen MR) is 111 cm³/mol. The molecule has 0 atom stereocenters. The lowest BCUT2D eigenvalue weighted by Gasteiger charge is -2.10. The van der Waals surface area contributed by atoms with Crippen LogP contribution in [-0.2, 0) is 19.0 Å². The minimum atomic E-state index is -4.39. The molecule has 2 rings (SSSR count). The Kier molecular flexibility index (Phi) is 9.79. The molecule has 0 aliphatic rings. The van der Waals surface area contributed by atoms with Crippen molar-refractivity contribution in [1.82, 2.24) is 20.6 Å². The number of hydrogen-bond donors (Lipinski definition) is 2. The number of hydrogen-bond acceptors (Lipinski definition) is 5. The van der Waals surface area contributed by atoms with Crippen LogP contribution in [0.5, 0.6) is 0 Å². The second kappa shape index (κ2) is 11.0. The van der Waals surface area contributed by atoms with Crippen LogP contribution in [0, 0.1) is 6.92 Å². The largest absolute Gasteiger partial charge is 0.434 e. The van der Waals surface area contributed by atoms with Gasteiger partial charge >= 0.3 is 6.18 Å². The number of halogens is 4. The Bertz CT molecular complexity index is 700. The number of aryl methyl sites for hydroxylation is 1. The smallest absolute Gasteiger partial charge is 0.357 e. The van der Waals surface area contributed by atoms with Crippen molar-refractivity contribution in [2.75, 3.05) is 19.6 Å². The number of aliphatic imine (C=N–C) groups is 1. The van der Waals surface area contributed by atoms with Crippen molar-refractivity contribution in [3.05, 3.63) is 32.2 Å². The molecule has 0 radical (unpaired) electrons. The number of nitrogens with one attached hydrogen (secondary N) is 2. The number of alkyl halides is 3. The third kappa shape index (κ3) is 7.74. The molecule has 2 heterocycles. The summed E-state index contributed by atoms with van der Waals surface area (Å²) in [4.78, 5) is 13.5. The summed E-state index contributed by atoms with van der Waals surface area (Å²) in [5, 5.41) is 8.85. The van der Waals surface area contributed by atoms with Gasteiger partial charge in [-0.2, -0.15) is 13.2 Å². The molecule has 2 aromatic heterocycles. The van der Waals surface area contributed by atoms with Crippen LogP contribution in [0.3, 0.4) is 0 Å². The van der Waals surface area contributed by atoms with E-state index in [9.17, 15) is 13.2 Å². The van der Waals surface area contributed by atoms with Gasteiger partial charge in [0.2, 0.25) is 0 Å². The highest BCUT2D eigenvalue weighted by atomic mass is 127. The summed E-state index contributed by atoms with van der Waals surface area (Å²) in [5.74, 6) is 0.642. The minimum Gasteiger partial charge on any atom is -0.357 e. The first-order valence-corrected chi connectivity index (χ1v) is 9.53. The summed E-state index contributed by atoms with van der Waals surface area (Å²) >= 11 is 2.67. The third-order valence-electron chi connectivity index (χ3n) is 3.08. The number of rotatable bonds is 7. The normalized spacial score (nSPS) is 12.0. The van der Waals surface area contributed by atoms with Crippen molar-refractivity contribution in [2.45, 2.75) is 32.9 Å². The van der Waals surface area contributed by atoms with Gasteiger partial charge in [-0.1, -0.05) is 0 Å². The van der Waals surface area contributed by atoms with E-state index in [1.54, 1.807) is 11.3 Å². The predicted octanol–water partition coefficient (Wildman–Crippen LogP) is 3.89. The molecule has 0 bridgehead atoms. The Labute approximate surface area is 175 Å². The van der Waals surface area contributed by atoms with Crippen molar-refractivity contribution in [3.8, 4) is 0 Å². The summed E-state index contributed by atoms with van der Waals surface area (Å²) in [6.45, 7) is 5.74. The summed E-state index contributed by atoms with van der Waals surface area (Å²) in [5.41, 5.74) is -0.833. The highest BCUT2D eigenvalue weighted by Gasteiger charge is 2.33. The monoisotopic (exact) mass is 519 g/mol. The zero-order valence-electron chi connectivity index (χ0n) is 14.4. The molecule has 0 amide bonds. The maximum absolute atomic E-state index is 12.5. The van der Waals surface area contributed by atoms with Gasteiger partial charge < -0.3 is 10.6 Å². The van der Waals surface area contributed by atoms with Gasteiger partial charge in [0.05, 0.1) is 10.0 Å². The minimum absolute atomic E-state index is 0. The lowest BCUT2D eigenvalue weighted by atomic mass is 10.4. The van der Waals surface area contributed by atoms with E-state index in [1.807, 2.05) is 20.0 Å². The summed E-state index contributed by atoms with van der Waals surface area (Å²) in [6, 6.07) is 0. The Hall–Kier alpha value is -0.950. The molecule has 0 aliphatic heterocycles. The van der Waals surface area contributed by atoms with Gasteiger partial charge in [-0.15, -0.1) is 46.7 Å². The topological polar surface area (TPSA) is 62.2 Å². The number of guanidine groups is 1. The summed E-state index contributed by atoms with van der Waals surface area (Å²) in [7, 11) is 0. The van der Waals surface area contributed by atoms with Crippen molar-refractivity contribution < 1.29 is 13.2 Å². The average molecular weight is 519 g/mol. The van der Waals surface area contributed by atoms with E-state index in [2.05, 4.69) is 25.6 Å². The number of aromatic nitrogens is 2. The number of nitrogens with zero attached hydrogens (tertiary/aromatic N) is 3. The molecule has 0 saturated heterocycles. The molecule has 0 aromatic carbocycles. The zero-order valence-corrected chi connectivity index (χ0v) is 18.4. The molecule has 11 heteroatoms. The first-order valence-electron chi connectivity index (χ1n) is 7.83. The van der Waals surface area contributed by atoms with Crippen LogP contribution in [0.25, 0.3) is 0 Å². The highest BCUT2D eigenvalue weighted by Crippen LogP contribution is 2.30. The lowest BCUT2D eigenvalue weighted by Crippen LogP contribution is -2.38. The Morgan fingerprint density at radius 3 is 2.58 bits per heavy atom. The van der Waals surface area contributed by atoms with Crippen LogP contribution >= 0.6 is 46.7 Å². The number of thiazole rings is 2. The first kappa shape index (κ1) is 23.1. The van der Waals surface area contributed by atoms with E-state index >= 15 is 0 Å². The summed E-state index contributed by atoms with van der Waals surface area (Å²) < 4.78 is 37.6. The lowest BCUT2D eigenvalue weighted by molar-refractivity contribution is -0.140. The van der Waals surface area contributed by atoms with Gasteiger partial charge in [0, 0.05) is 48.9 Å². The molecule has 2 N–H and O–H groups in total. The van der Waals surface area contributed by atoms with E-state index in [0.29, 0.717) is 37.0 Å². The van der Waals surface area contributed by atoms with Crippen LogP contribution < -0.4 is 10.6 Å². The second-order valence-corrected chi connectivity index (χ2v) is 7.44. The van der Waals surface area contributed by atoms with Crippen molar-refractivity contribution in [1.29, 1.82) is 0 Å². The van der Waals surface area contributed by atoms with Crippen LogP contribution in [-0.4, -0.2) is 35.6 Å². The van der Waals surface area contributed by atoms with Gasteiger partial charge in [0.25, 0.3) is 0 Å². The van der Waals surface area contributed by atoms with Gasteiger partial charge in [0.1, 0.15) is 0 Å². The van der Waals surface area contributed by atoms with Crippen molar-refractivity contribution in [2.24, 2.45) is 4.99 Å². The third-order valence-corrected chi connectivity index (χ3v) is 4.96. The fourth-order valence-electron chi connectivity index (χ4n) is 1.97. The summed E-state index contributed by atoms with van der Waals surface area (Å²) in [6.07, 6.45) is -1.36. The van der Waals surface area contributed by atoms with Crippen molar-refractivity contribution >= 4 is 52.6 Å². The van der Waals surface area contributed by atoms with E-state index < -0.39 is 11.9 Å². The maximum Gasteiger partial charge on any atom is 0.434 e. The van der Waals surface area contributed by atoms with E-state index in [0.717, 1.165) is 28.1 Å². The van der Waals surface area contributed by atoms with Gasteiger partial charge in [-0.3, -0.25) is 4.99 Å². The van der Waals surface area contributed by atoms with E-state index in [4.69, 9.17) is 0 Å². The fourth-order valence-corrected chi connectivity index (χ4v) is 3.55. The van der Waals surface area contributed by atoms with E-state index in [-0.39, 0.29) is 24.0 Å². The molecular formula is C15H21F3IN5S2. The van der Waals surface area contributed by atoms with E-state index in [1.165, 1.54) is 4.88 Å². The molecule has 5 nitrogen and oxygen atoms in total. The van der Waals surface area contributed by atoms with Crippen LogP contribution in [0.4, 0.5) is 13.2 Å². The molecule has 0 spiro atoms. The molecule has 2 aromatic rings. The fraction of sp³-hybridized carbons (Fsp3) is 0.533. The molecule has 0 aliphatic carbocycles.